The second-order valence-electron chi connectivity index (χ2n) is 4.60. The van der Waals surface area contributed by atoms with Crippen LogP contribution in [0.4, 0.5) is 0 Å². The van der Waals surface area contributed by atoms with Gasteiger partial charge in [-0.2, -0.15) is 11.8 Å². The van der Waals surface area contributed by atoms with Crippen molar-refractivity contribution in [2.45, 2.75) is 31.7 Å². The third-order valence-corrected chi connectivity index (χ3v) is 4.72. The summed E-state index contributed by atoms with van der Waals surface area (Å²) in [6, 6.07) is 0.260. The first-order valence-corrected chi connectivity index (χ1v) is 7.32. The molecule has 0 aromatic carbocycles. The Hall–Kier alpha value is -1.01. The van der Waals surface area contributed by atoms with Gasteiger partial charge in [-0.3, -0.25) is 4.79 Å². The molecule has 0 radical (unpaired) electrons. The molecule has 2 N–H and O–H groups in total. The van der Waals surface area contributed by atoms with E-state index >= 15 is 0 Å². The maximum Gasteiger partial charge on any atom is 0.274 e. The summed E-state index contributed by atoms with van der Waals surface area (Å²) in [5.41, 5.74) is 6.00. The van der Waals surface area contributed by atoms with E-state index in [-0.39, 0.29) is 11.9 Å². The molecular weight excluding hydrogens is 248 g/mol. The van der Waals surface area contributed by atoms with Gasteiger partial charge in [0.25, 0.3) is 5.91 Å². The molecule has 100 valence electrons. The van der Waals surface area contributed by atoms with Crippen molar-refractivity contribution in [2.24, 2.45) is 5.73 Å². The molecule has 5 nitrogen and oxygen atoms in total. The number of nitrogens with zero attached hydrogens (tertiary/aromatic N) is 3. The number of carbonyl (C=O) groups excluding carboxylic acids is 1. The molecule has 0 aliphatic carbocycles. The second kappa shape index (κ2) is 5.75. The lowest BCUT2D eigenvalue weighted by Gasteiger charge is -2.37. The molecule has 18 heavy (non-hydrogen) atoms. The van der Waals surface area contributed by atoms with Gasteiger partial charge < -0.3 is 15.2 Å². The Labute approximate surface area is 112 Å². The Morgan fingerprint density at radius 2 is 2.39 bits per heavy atom. The lowest BCUT2D eigenvalue weighted by molar-refractivity contribution is 0.0692. The SMILES string of the molecule is CC1SCCN(C(=O)c2cn(CCN)cn2)C1C. The first-order chi connectivity index (χ1) is 8.63. The van der Waals surface area contributed by atoms with Crippen LogP contribution in [0, 0.1) is 0 Å². The van der Waals surface area contributed by atoms with Gasteiger partial charge in [0.05, 0.1) is 6.33 Å². The van der Waals surface area contributed by atoms with E-state index in [2.05, 4.69) is 18.8 Å². The molecule has 2 rings (SSSR count). The number of aromatic nitrogens is 2. The van der Waals surface area contributed by atoms with Gasteiger partial charge in [-0.25, -0.2) is 4.98 Å². The van der Waals surface area contributed by atoms with Crippen molar-refractivity contribution in [1.29, 1.82) is 0 Å². The summed E-state index contributed by atoms with van der Waals surface area (Å²) < 4.78 is 1.86. The van der Waals surface area contributed by atoms with E-state index < -0.39 is 0 Å². The molecule has 2 atom stereocenters. The Morgan fingerprint density at radius 3 is 3.11 bits per heavy atom. The number of imidazole rings is 1. The van der Waals surface area contributed by atoms with Crippen LogP contribution in [0.5, 0.6) is 0 Å². The highest BCUT2D eigenvalue weighted by Crippen LogP contribution is 2.25. The summed E-state index contributed by atoms with van der Waals surface area (Å²) in [5.74, 6) is 1.03. The van der Waals surface area contributed by atoms with E-state index in [4.69, 9.17) is 5.73 Å². The number of hydrogen-bond acceptors (Lipinski definition) is 4. The molecule has 1 aromatic rings. The third kappa shape index (κ3) is 2.70. The minimum Gasteiger partial charge on any atom is -0.335 e. The predicted octanol–water partition coefficient (Wildman–Crippen LogP) is 0.808. The standard InChI is InChI=1S/C12H20N4OS/c1-9-10(2)18-6-5-16(9)12(17)11-7-15(4-3-13)8-14-11/h7-10H,3-6,13H2,1-2H3. The lowest BCUT2D eigenvalue weighted by Crippen LogP contribution is -2.48. The highest BCUT2D eigenvalue weighted by atomic mass is 32.2. The zero-order valence-corrected chi connectivity index (χ0v) is 11.7. The van der Waals surface area contributed by atoms with E-state index in [1.165, 1.54) is 0 Å². The summed E-state index contributed by atoms with van der Waals surface area (Å²) in [4.78, 5) is 18.5. The summed E-state index contributed by atoms with van der Waals surface area (Å²) in [7, 11) is 0. The predicted molar refractivity (Wildman–Crippen MR) is 73.7 cm³/mol. The minimum atomic E-state index is 0.0328. The lowest BCUT2D eigenvalue weighted by atomic mass is 10.2. The first kappa shape index (κ1) is 13.4. The van der Waals surface area contributed by atoms with Gasteiger partial charge in [-0.05, 0) is 6.92 Å². The first-order valence-electron chi connectivity index (χ1n) is 6.28. The Bertz CT molecular complexity index is 420. The Balaban J connectivity index is 2.09. The molecule has 1 aliphatic heterocycles. The number of rotatable bonds is 3. The molecule has 6 heteroatoms. The second-order valence-corrected chi connectivity index (χ2v) is 6.09. The van der Waals surface area contributed by atoms with Crippen molar-refractivity contribution >= 4 is 17.7 Å². The van der Waals surface area contributed by atoms with Crippen molar-refractivity contribution in [3.63, 3.8) is 0 Å². The highest BCUT2D eigenvalue weighted by molar-refractivity contribution is 8.00. The van der Waals surface area contributed by atoms with Gasteiger partial charge >= 0.3 is 0 Å². The maximum atomic E-state index is 12.4. The van der Waals surface area contributed by atoms with Crippen LogP contribution < -0.4 is 5.73 Å². The summed E-state index contributed by atoms with van der Waals surface area (Å²) in [6.45, 7) is 6.33. The van der Waals surface area contributed by atoms with E-state index in [1.54, 1.807) is 12.5 Å². The van der Waals surface area contributed by atoms with Crippen LogP contribution >= 0.6 is 11.8 Å². The molecule has 0 bridgehead atoms. The largest absolute Gasteiger partial charge is 0.335 e. The molecule has 0 saturated carbocycles. The number of hydrogen-bond donors (Lipinski definition) is 1. The normalized spacial score (nSPS) is 24.3. The average Bonchev–Trinajstić information content (AvgIpc) is 2.81. The van der Waals surface area contributed by atoms with E-state index in [1.807, 2.05) is 21.2 Å². The summed E-state index contributed by atoms with van der Waals surface area (Å²) >= 11 is 1.92. The van der Waals surface area contributed by atoms with Crippen molar-refractivity contribution in [3.8, 4) is 0 Å². The number of nitrogens with two attached hydrogens (primary N) is 1. The number of thioether (sulfide) groups is 1. The quantitative estimate of drug-likeness (QED) is 0.881. The van der Waals surface area contributed by atoms with Crippen molar-refractivity contribution in [3.05, 3.63) is 18.2 Å². The zero-order chi connectivity index (χ0) is 13.1. The maximum absolute atomic E-state index is 12.4. The van der Waals surface area contributed by atoms with Crippen molar-refractivity contribution in [2.75, 3.05) is 18.8 Å². The molecule has 1 saturated heterocycles. The van der Waals surface area contributed by atoms with E-state index in [0.29, 0.717) is 24.0 Å². The molecular formula is C12H20N4OS. The Morgan fingerprint density at radius 1 is 1.61 bits per heavy atom. The van der Waals surface area contributed by atoms with Gasteiger partial charge in [-0.1, -0.05) is 6.92 Å². The van der Waals surface area contributed by atoms with Crippen LogP contribution in [0.25, 0.3) is 0 Å². The molecule has 1 fully saturated rings. The zero-order valence-electron chi connectivity index (χ0n) is 10.9. The average molecular weight is 268 g/mol. The molecule has 2 heterocycles. The van der Waals surface area contributed by atoms with Gasteiger partial charge in [0, 0.05) is 42.9 Å². The van der Waals surface area contributed by atoms with E-state index in [9.17, 15) is 4.79 Å². The molecule has 2 unspecified atom stereocenters. The fourth-order valence-electron chi connectivity index (χ4n) is 2.11. The molecule has 1 amide bonds. The van der Waals surface area contributed by atoms with Crippen LogP contribution in [-0.4, -0.2) is 50.5 Å². The van der Waals surface area contributed by atoms with Gasteiger partial charge in [0.2, 0.25) is 0 Å². The third-order valence-electron chi connectivity index (χ3n) is 3.38. The molecule has 1 aromatic heterocycles. The summed E-state index contributed by atoms with van der Waals surface area (Å²) in [5, 5.41) is 0.480. The smallest absolute Gasteiger partial charge is 0.274 e. The fraction of sp³-hybridized carbons (Fsp3) is 0.667. The van der Waals surface area contributed by atoms with E-state index in [0.717, 1.165) is 12.3 Å². The van der Waals surface area contributed by atoms with Crippen LogP contribution in [0.15, 0.2) is 12.5 Å². The van der Waals surface area contributed by atoms with Crippen LogP contribution in [-0.2, 0) is 6.54 Å². The highest BCUT2D eigenvalue weighted by Gasteiger charge is 2.30. The van der Waals surface area contributed by atoms with Gasteiger partial charge in [0.1, 0.15) is 5.69 Å². The number of carbonyl (C=O) groups is 1. The van der Waals surface area contributed by atoms with Gasteiger partial charge in [0.15, 0.2) is 0 Å². The number of amides is 1. The topological polar surface area (TPSA) is 64.2 Å². The van der Waals surface area contributed by atoms with Crippen LogP contribution in [0.3, 0.4) is 0 Å². The van der Waals surface area contributed by atoms with Gasteiger partial charge in [-0.15, -0.1) is 0 Å². The van der Waals surface area contributed by atoms with Crippen molar-refractivity contribution in [1.82, 2.24) is 14.5 Å². The summed E-state index contributed by atoms with van der Waals surface area (Å²) in [6.07, 6.45) is 3.46. The molecule has 0 spiro atoms. The fourth-order valence-corrected chi connectivity index (χ4v) is 3.21. The van der Waals surface area contributed by atoms with Crippen LogP contribution in [0.1, 0.15) is 24.3 Å². The Kier molecular flexibility index (Phi) is 4.29. The monoisotopic (exact) mass is 268 g/mol. The van der Waals surface area contributed by atoms with Crippen LogP contribution in [0.2, 0.25) is 0 Å². The molecule has 1 aliphatic rings. The van der Waals surface area contributed by atoms with Crippen molar-refractivity contribution < 1.29 is 4.79 Å². The minimum absolute atomic E-state index is 0.0328.